The van der Waals surface area contributed by atoms with Crippen molar-refractivity contribution in [2.24, 2.45) is 0 Å². The van der Waals surface area contributed by atoms with E-state index < -0.39 is 11.7 Å². The second-order valence-electron chi connectivity index (χ2n) is 5.23. The van der Waals surface area contributed by atoms with Crippen molar-refractivity contribution < 1.29 is 19.0 Å². The molecule has 6 heteroatoms. The molecule has 3 N–H and O–H groups in total. The monoisotopic (exact) mass is 296 g/mol. The molecule has 1 fully saturated rings. The molecular formula is C15H21FN2O3. The lowest BCUT2D eigenvalue weighted by atomic mass is 9.91. The first-order chi connectivity index (χ1) is 10.1. The maximum atomic E-state index is 12.8. The van der Waals surface area contributed by atoms with E-state index in [9.17, 15) is 14.3 Å². The van der Waals surface area contributed by atoms with Crippen molar-refractivity contribution in [3.8, 4) is 0 Å². The zero-order chi connectivity index (χ0) is 15.3. The van der Waals surface area contributed by atoms with Gasteiger partial charge in [-0.3, -0.25) is 4.79 Å². The summed E-state index contributed by atoms with van der Waals surface area (Å²) in [5, 5.41) is 15.9. The van der Waals surface area contributed by atoms with Crippen LogP contribution in [0.15, 0.2) is 24.3 Å². The number of carbonyl (C=O) groups is 1. The van der Waals surface area contributed by atoms with Crippen molar-refractivity contribution in [1.29, 1.82) is 0 Å². The predicted molar refractivity (Wildman–Crippen MR) is 76.2 cm³/mol. The van der Waals surface area contributed by atoms with Crippen molar-refractivity contribution in [2.45, 2.75) is 24.5 Å². The molecular weight excluding hydrogens is 275 g/mol. The number of methoxy groups -OCH3 is 1. The molecule has 0 radical (unpaired) electrons. The van der Waals surface area contributed by atoms with Crippen molar-refractivity contribution in [3.05, 3.63) is 35.6 Å². The van der Waals surface area contributed by atoms with E-state index in [1.165, 1.54) is 31.4 Å². The van der Waals surface area contributed by atoms with Crippen LogP contribution in [0.1, 0.15) is 24.5 Å². The minimum Gasteiger partial charge on any atom is -0.387 e. The van der Waals surface area contributed by atoms with Crippen LogP contribution in [-0.2, 0) is 9.53 Å². The largest absolute Gasteiger partial charge is 0.387 e. The summed E-state index contributed by atoms with van der Waals surface area (Å²) < 4.78 is 18.2. The van der Waals surface area contributed by atoms with E-state index >= 15 is 0 Å². The Labute approximate surface area is 123 Å². The number of halogens is 1. The van der Waals surface area contributed by atoms with E-state index in [0.29, 0.717) is 18.4 Å². The van der Waals surface area contributed by atoms with Crippen LogP contribution in [-0.4, -0.2) is 43.4 Å². The molecule has 1 aromatic carbocycles. The number of piperidine rings is 1. The fraction of sp³-hybridized carbons (Fsp3) is 0.533. The van der Waals surface area contributed by atoms with E-state index in [1.807, 2.05) is 0 Å². The molecule has 1 aromatic rings. The van der Waals surface area contributed by atoms with E-state index in [2.05, 4.69) is 10.6 Å². The Hall–Kier alpha value is -1.50. The van der Waals surface area contributed by atoms with Gasteiger partial charge in [0.15, 0.2) is 0 Å². The average Bonchev–Trinajstić information content (AvgIpc) is 2.53. The van der Waals surface area contributed by atoms with Crippen LogP contribution < -0.4 is 10.6 Å². The van der Waals surface area contributed by atoms with Crippen LogP contribution in [0.4, 0.5) is 4.39 Å². The fourth-order valence-corrected chi connectivity index (χ4v) is 2.51. The number of carbonyl (C=O) groups excluding carboxylic acids is 1. The number of benzene rings is 1. The van der Waals surface area contributed by atoms with E-state index in [4.69, 9.17) is 4.74 Å². The summed E-state index contributed by atoms with van der Waals surface area (Å²) in [6, 6.07) is 5.57. The highest BCUT2D eigenvalue weighted by Crippen LogP contribution is 2.23. The quantitative estimate of drug-likeness (QED) is 0.750. The maximum Gasteiger partial charge on any atom is 0.252 e. The minimum atomic E-state index is -0.870. The number of hydrogen-bond acceptors (Lipinski definition) is 4. The Kier molecular flexibility index (Phi) is 5.27. The number of amides is 1. The second-order valence-corrected chi connectivity index (χ2v) is 5.23. The van der Waals surface area contributed by atoms with Gasteiger partial charge in [0.25, 0.3) is 5.91 Å². The highest BCUT2D eigenvalue weighted by Gasteiger charge is 2.39. The molecule has 1 saturated heterocycles. The maximum absolute atomic E-state index is 12.8. The van der Waals surface area contributed by atoms with Crippen molar-refractivity contribution in [3.63, 3.8) is 0 Å². The van der Waals surface area contributed by atoms with Gasteiger partial charge in [-0.25, -0.2) is 4.39 Å². The predicted octanol–water partition coefficient (Wildman–Crippen LogP) is 0.744. The summed E-state index contributed by atoms with van der Waals surface area (Å²) in [7, 11) is 1.53. The van der Waals surface area contributed by atoms with E-state index in [1.54, 1.807) is 0 Å². The van der Waals surface area contributed by atoms with E-state index in [0.717, 1.165) is 13.1 Å². The molecule has 5 nitrogen and oxygen atoms in total. The van der Waals surface area contributed by atoms with Crippen LogP contribution in [0.3, 0.4) is 0 Å². The van der Waals surface area contributed by atoms with Crippen molar-refractivity contribution in [1.82, 2.24) is 10.6 Å². The third kappa shape index (κ3) is 3.78. The number of nitrogens with one attached hydrogen (secondary N) is 2. The average molecular weight is 296 g/mol. The molecule has 0 saturated carbocycles. The van der Waals surface area contributed by atoms with Gasteiger partial charge in [0.05, 0.1) is 6.10 Å². The third-order valence-electron chi connectivity index (χ3n) is 3.93. The zero-order valence-electron chi connectivity index (χ0n) is 12.1. The standard InChI is InChI=1S/C15H21FN2O3/c1-21-15(6-8-17-9-7-15)14(20)18-10-13(19)11-2-4-12(16)5-3-11/h2-5,13,17,19H,6-10H2,1H3,(H,18,20). The molecule has 1 heterocycles. The van der Waals surface area contributed by atoms with Crippen LogP contribution >= 0.6 is 0 Å². The SMILES string of the molecule is COC1(C(=O)NCC(O)c2ccc(F)cc2)CCNCC1. The number of aliphatic hydroxyl groups is 1. The molecule has 0 aliphatic carbocycles. The molecule has 116 valence electrons. The highest BCUT2D eigenvalue weighted by molar-refractivity contribution is 5.85. The topological polar surface area (TPSA) is 70.6 Å². The zero-order valence-corrected chi connectivity index (χ0v) is 12.1. The van der Waals surface area contributed by atoms with Gasteiger partial charge in [-0.05, 0) is 43.6 Å². The minimum absolute atomic E-state index is 0.0724. The molecule has 1 aliphatic rings. The Morgan fingerprint density at radius 2 is 2.05 bits per heavy atom. The van der Waals surface area contributed by atoms with Crippen molar-refractivity contribution in [2.75, 3.05) is 26.7 Å². The van der Waals surface area contributed by atoms with Gasteiger partial charge in [-0.15, -0.1) is 0 Å². The third-order valence-corrected chi connectivity index (χ3v) is 3.93. The van der Waals surface area contributed by atoms with Crippen molar-refractivity contribution >= 4 is 5.91 Å². The molecule has 1 amide bonds. The van der Waals surface area contributed by atoms with Crippen LogP contribution in [0.5, 0.6) is 0 Å². The lowest BCUT2D eigenvalue weighted by molar-refractivity contribution is -0.147. The number of hydrogen-bond donors (Lipinski definition) is 3. The summed E-state index contributed by atoms with van der Waals surface area (Å²) in [5.74, 6) is -0.573. The van der Waals surface area contributed by atoms with Gasteiger partial charge in [-0.2, -0.15) is 0 Å². The Morgan fingerprint density at radius 1 is 1.43 bits per heavy atom. The number of aliphatic hydroxyl groups excluding tert-OH is 1. The molecule has 0 spiro atoms. The number of rotatable bonds is 5. The van der Waals surface area contributed by atoms with Crippen LogP contribution in [0, 0.1) is 5.82 Å². The molecule has 1 aliphatic heterocycles. The summed E-state index contributed by atoms with van der Waals surface area (Å²) in [6.45, 7) is 1.52. The first kappa shape index (κ1) is 15.9. The normalized spacial score (nSPS) is 19.0. The van der Waals surface area contributed by atoms with Crippen LogP contribution in [0.25, 0.3) is 0 Å². The smallest absolute Gasteiger partial charge is 0.252 e. The molecule has 2 rings (SSSR count). The highest BCUT2D eigenvalue weighted by atomic mass is 19.1. The van der Waals surface area contributed by atoms with E-state index in [-0.39, 0.29) is 18.3 Å². The summed E-state index contributed by atoms with van der Waals surface area (Å²) in [4.78, 5) is 12.3. The summed E-state index contributed by atoms with van der Waals surface area (Å²) in [5.41, 5.74) is -0.262. The van der Waals surface area contributed by atoms with Gasteiger partial charge in [0.1, 0.15) is 11.4 Å². The lowest BCUT2D eigenvalue weighted by Gasteiger charge is -2.35. The van der Waals surface area contributed by atoms with Gasteiger partial charge < -0.3 is 20.5 Å². The fourth-order valence-electron chi connectivity index (χ4n) is 2.51. The Bertz CT molecular complexity index is 472. The van der Waals surface area contributed by atoms with Gasteiger partial charge >= 0.3 is 0 Å². The van der Waals surface area contributed by atoms with Gasteiger partial charge in [0.2, 0.25) is 0 Å². The first-order valence-electron chi connectivity index (χ1n) is 7.05. The second kappa shape index (κ2) is 6.98. The molecule has 0 bridgehead atoms. The summed E-state index contributed by atoms with van der Waals surface area (Å²) in [6.07, 6.45) is 0.328. The van der Waals surface area contributed by atoms with Gasteiger partial charge in [0, 0.05) is 13.7 Å². The molecule has 0 aromatic heterocycles. The summed E-state index contributed by atoms with van der Waals surface area (Å²) >= 11 is 0. The Balaban J connectivity index is 1.92. The molecule has 1 atom stereocenters. The lowest BCUT2D eigenvalue weighted by Crippen LogP contribution is -2.54. The van der Waals surface area contributed by atoms with Crippen LogP contribution in [0.2, 0.25) is 0 Å². The number of ether oxygens (including phenoxy) is 1. The Morgan fingerprint density at radius 3 is 2.62 bits per heavy atom. The van der Waals surface area contributed by atoms with Gasteiger partial charge in [-0.1, -0.05) is 12.1 Å². The molecule has 21 heavy (non-hydrogen) atoms. The first-order valence-corrected chi connectivity index (χ1v) is 7.05. The molecule has 1 unspecified atom stereocenters.